The highest BCUT2D eigenvalue weighted by atomic mass is 35.5. The first-order valence-corrected chi connectivity index (χ1v) is 5.80. The van der Waals surface area contributed by atoms with Crippen molar-refractivity contribution in [2.24, 2.45) is 0 Å². The van der Waals surface area contributed by atoms with Gasteiger partial charge in [0.1, 0.15) is 5.82 Å². The van der Waals surface area contributed by atoms with Crippen molar-refractivity contribution in [1.82, 2.24) is 0 Å². The van der Waals surface area contributed by atoms with E-state index in [2.05, 4.69) is 0 Å². The van der Waals surface area contributed by atoms with Crippen LogP contribution in [-0.4, -0.2) is 11.7 Å². The third-order valence-corrected chi connectivity index (χ3v) is 2.97. The number of nitrogens with two attached hydrogens (primary N) is 1. The van der Waals surface area contributed by atoms with Crippen molar-refractivity contribution in [2.45, 2.75) is 32.1 Å². The maximum atomic E-state index is 13.2. The standard InChI is InChI=1S/C12H13ClF3NO/c1-2-12(15,16)4-3-10(18)8-5-7(17)6-9(14)11(8)13/h5-6H,2-4,17H2,1H3. The van der Waals surface area contributed by atoms with Crippen molar-refractivity contribution in [2.75, 3.05) is 5.73 Å². The summed E-state index contributed by atoms with van der Waals surface area (Å²) in [7, 11) is 0. The van der Waals surface area contributed by atoms with Crippen LogP contribution in [0.3, 0.4) is 0 Å². The fraction of sp³-hybridized carbons (Fsp3) is 0.417. The Morgan fingerprint density at radius 1 is 1.44 bits per heavy atom. The van der Waals surface area contributed by atoms with E-state index in [0.29, 0.717) is 0 Å². The number of halogens is 4. The van der Waals surface area contributed by atoms with E-state index in [9.17, 15) is 18.0 Å². The van der Waals surface area contributed by atoms with Crippen molar-refractivity contribution in [1.29, 1.82) is 0 Å². The fourth-order valence-corrected chi connectivity index (χ4v) is 1.64. The number of benzene rings is 1. The Morgan fingerprint density at radius 2 is 2.06 bits per heavy atom. The molecule has 1 rings (SSSR count). The van der Waals surface area contributed by atoms with Gasteiger partial charge in [-0.25, -0.2) is 13.2 Å². The second-order valence-electron chi connectivity index (χ2n) is 4.00. The monoisotopic (exact) mass is 279 g/mol. The van der Waals surface area contributed by atoms with Crippen molar-refractivity contribution >= 4 is 23.1 Å². The Kier molecular flexibility index (Phi) is 4.62. The number of hydrogen-bond donors (Lipinski definition) is 1. The van der Waals surface area contributed by atoms with Crippen molar-refractivity contribution in [3.8, 4) is 0 Å². The third-order valence-electron chi connectivity index (χ3n) is 2.59. The topological polar surface area (TPSA) is 43.1 Å². The summed E-state index contributed by atoms with van der Waals surface area (Å²) >= 11 is 5.61. The summed E-state index contributed by atoms with van der Waals surface area (Å²) in [5, 5.41) is -0.381. The zero-order chi connectivity index (χ0) is 13.9. The number of Topliss-reactive ketones (excluding diaryl/α,β-unsaturated/α-hetero) is 1. The van der Waals surface area contributed by atoms with E-state index in [4.69, 9.17) is 17.3 Å². The van der Waals surface area contributed by atoms with Crippen LogP contribution in [0, 0.1) is 5.82 Å². The second-order valence-corrected chi connectivity index (χ2v) is 4.37. The van der Waals surface area contributed by atoms with Crippen LogP contribution in [0.2, 0.25) is 5.02 Å². The van der Waals surface area contributed by atoms with Crippen LogP contribution < -0.4 is 5.73 Å². The molecule has 18 heavy (non-hydrogen) atoms. The molecule has 0 aromatic heterocycles. The summed E-state index contributed by atoms with van der Waals surface area (Å²) in [5.41, 5.74) is 5.25. The molecule has 2 N–H and O–H groups in total. The first-order chi connectivity index (χ1) is 8.26. The highest BCUT2D eigenvalue weighted by Crippen LogP contribution is 2.28. The quantitative estimate of drug-likeness (QED) is 0.652. The predicted molar refractivity (Wildman–Crippen MR) is 64.6 cm³/mol. The van der Waals surface area contributed by atoms with E-state index in [0.717, 1.165) is 6.07 Å². The Balaban J connectivity index is 2.85. The third kappa shape index (κ3) is 3.63. The summed E-state index contributed by atoms with van der Waals surface area (Å²) in [4.78, 5) is 11.7. The molecule has 1 aromatic rings. The summed E-state index contributed by atoms with van der Waals surface area (Å²) in [6.45, 7) is 1.33. The maximum absolute atomic E-state index is 13.2. The Bertz CT molecular complexity index is 463. The SMILES string of the molecule is CCC(F)(F)CCC(=O)c1cc(N)cc(F)c1Cl. The fourth-order valence-electron chi connectivity index (χ4n) is 1.42. The Labute approximate surface area is 108 Å². The molecule has 0 bridgehead atoms. The molecule has 1 aromatic carbocycles. The molecule has 0 fully saturated rings. The smallest absolute Gasteiger partial charge is 0.248 e. The zero-order valence-corrected chi connectivity index (χ0v) is 10.5. The lowest BCUT2D eigenvalue weighted by Gasteiger charge is -2.13. The molecule has 0 atom stereocenters. The minimum atomic E-state index is -2.90. The molecule has 0 heterocycles. The predicted octanol–water partition coefficient (Wildman–Crippen LogP) is 4.07. The summed E-state index contributed by atoms with van der Waals surface area (Å²) in [6.07, 6.45) is -1.34. The largest absolute Gasteiger partial charge is 0.399 e. The van der Waals surface area contributed by atoms with Crippen LogP contribution in [-0.2, 0) is 0 Å². The Morgan fingerprint density at radius 3 is 2.61 bits per heavy atom. The summed E-state index contributed by atoms with van der Waals surface area (Å²) in [6, 6.07) is 2.16. The van der Waals surface area contributed by atoms with Gasteiger partial charge in [0.05, 0.1) is 5.02 Å². The van der Waals surface area contributed by atoms with Gasteiger partial charge in [-0.05, 0) is 12.1 Å². The molecule has 2 nitrogen and oxygen atoms in total. The Hall–Kier alpha value is -1.23. The molecular formula is C12H13ClF3NO. The van der Waals surface area contributed by atoms with Crippen molar-refractivity contribution in [3.05, 3.63) is 28.5 Å². The van der Waals surface area contributed by atoms with Gasteiger partial charge in [-0.1, -0.05) is 18.5 Å². The van der Waals surface area contributed by atoms with E-state index in [1.807, 2.05) is 0 Å². The van der Waals surface area contributed by atoms with Gasteiger partial charge >= 0.3 is 0 Å². The molecule has 0 amide bonds. The number of nitrogen functional groups attached to an aromatic ring is 1. The van der Waals surface area contributed by atoms with E-state index in [-0.39, 0.29) is 22.7 Å². The molecule has 0 saturated carbocycles. The number of rotatable bonds is 5. The van der Waals surface area contributed by atoms with Crippen LogP contribution in [0.5, 0.6) is 0 Å². The van der Waals surface area contributed by atoms with Crippen LogP contribution in [0.1, 0.15) is 36.5 Å². The minimum absolute atomic E-state index is 0.0301. The highest BCUT2D eigenvalue weighted by Gasteiger charge is 2.27. The average Bonchev–Trinajstić information content (AvgIpc) is 2.31. The first-order valence-electron chi connectivity index (χ1n) is 5.42. The molecule has 0 aliphatic heterocycles. The van der Waals surface area contributed by atoms with Crippen LogP contribution >= 0.6 is 11.6 Å². The number of carbonyl (C=O) groups excluding carboxylic acids is 1. The van der Waals surface area contributed by atoms with Gasteiger partial charge in [0.15, 0.2) is 5.78 Å². The number of anilines is 1. The van der Waals surface area contributed by atoms with E-state index >= 15 is 0 Å². The number of alkyl halides is 2. The molecule has 0 aliphatic rings. The number of carbonyl (C=O) groups is 1. The lowest BCUT2D eigenvalue weighted by molar-refractivity contribution is -0.0121. The molecular weight excluding hydrogens is 267 g/mol. The van der Waals surface area contributed by atoms with Gasteiger partial charge in [0.25, 0.3) is 0 Å². The molecule has 6 heteroatoms. The van der Waals surface area contributed by atoms with Crippen LogP contribution in [0.25, 0.3) is 0 Å². The lowest BCUT2D eigenvalue weighted by atomic mass is 10.0. The zero-order valence-electron chi connectivity index (χ0n) is 9.77. The number of ketones is 1. The van der Waals surface area contributed by atoms with Gasteiger partial charge in [-0.15, -0.1) is 0 Å². The van der Waals surface area contributed by atoms with E-state index in [1.165, 1.54) is 13.0 Å². The van der Waals surface area contributed by atoms with E-state index < -0.39 is 30.4 Å². The van der Waals surface area contributed by atoms with Gasteiger partial charge in [-0.3, -0.25) is 4.79 Å². The normalized spacial score (nSPS) is 11.6. The van der Waals surface area contributed by atoms with Gasteiger partial charge < -0.3 is 5.73 Å². The van der Waals surface area contributed by atoms with Crippen molar-refractivity contribution in [3.63, 3.8) is 0 Å². The van der Waals surface area contributed by atoms with Crippen LogP contribution in [0.4, 0.5) is 18.9 Å². The molecule has 0 saturated heterocycles. The van der Waals surface area contributed by atoms with Gasteiger partial charge in [-0.2, -0.15) is 0 Å². The molecule has 0 unspecified atom stereocenters. The highest BCUT2D eigenvalue weighted by molar-refractivity contribution is 6.34. The summed E-state index contributed by atoms with van der Waals surface area (Å²) < 4.78 is 39.2. The number of hydrogen-bond acceptors (Lipinski definition) is 2. The first kappa shape index (κ1) is 14.8. The molecule has 0 spiro atoms. The van der Waals surface area contributed by atoms with Crippen LogP contribution in [0.15, 0.2) is 12.1 Å². The van der Waals surface area contributed by atoms with Gasteiger partial charge in [0.2, 0.25) is 5.92 Å². The molecule has 0 aliphatic carbocycles. The molecule has 100 valence electrons. The average molecular weight is 280 g/mol. The van der Waals surface area contributed by atoms with Gasteiger partial charge in [0, 0.05) is 30.5 Å². The van der Waals surface area contributed by atoms with E-state index in [1.54, 1.807) is 0 Å². The minimum Gasteiger partial charge on any atom is -0.399 e. The second kappa shape index (κ2) is 5.61. The lowest BCUT2D eigenvalue weighted by Crippen LogP contribution is -2.16. The molecule has 0 radical (unpaired) electrons. The van der Waals surface area contributed by atoms with Crippen molar-refractivity contribution < 1.29 is 18.0 Å². The maximum Gasteiger partial charge on any atom is 0.248 e. The summed E-state index contributed by atoms with van der Waals surface area (Å²) in [5.74, 6) is -4.37.